The first-order valence-electron chi connectivity index (χ1n) is 16.1. The summed E-state index contributed by atoms with van der Waals surface area (Å²) in [5.41, 5.74) is 1.48. The maximum absolute atomic E-state index is 15.7. The highest BCUT2D eigenvalue weighted by Gasteiger charge is 2.39. The Labute approximate surface area is 283 Å². The van der Waals surface area contributed by atoms with Gasteiger partial charge in [0.1, 0.15) is 17.4 Å². The van der Waals surface area contributed by atoms with Crippen molar-refractivity contribution in [1.82, 2.24) is 24.7 Å². The third kappa shape index (κ3) is 6.30. The van der Waals surface area contributed by atoms with Gasteiger partial charge in [-0.15, -0.1) is 0 Å². The number of aromatic amines is 2. The molecule has 4 bridgehead atoms. The van der Waals surface area contributed by atoms with Crippen molar-refractivity contribution in [3.05, 3.63) is 113 Å². The molecule has 7 rings (SSSR count). The third-order valence-electron chi connectivity index (χ3n) is 9.36. The van der Waals surface area contributed by atoms with E-state index < -0.39 is 47.9 Å². The first kappa shape index (κ1) is 32.9. The zero-order valence-corrected chi connectivity index (χ0v) is 27.1. The van der Waals surface area contributed by atoms with Gasteiger partial charge in [0.05, 0.1) is 29.9 Å². The lowest BCUT2D eigenvalue weighted by molar-refractivity contribution is -0.141. The van der Waals surface area contributed by atoms with Crippen molar-refractivity contribution < 1.29 is 36.9 Å². The molecule has 0 fully saturated rings. The van der Waals surface area contributed by atoms with Gasteiger partial charge >= 0.3 is 5.97 Å². The van der Waals surface area contributed by atoms with E-state index >= 15 is 17.6 Å². The van der Waals surface area contributed by atoms with E-state index in [1.165, 1.54) is 41.2 Å². The van der Waals surface area contributed by atoms with E-state index in [0.29, 0.717) is 27.7 Å². The van der Waals surface area contributed by atoms with Crippen LogP contribution in [0.25, 0.3) is 22.3 Å². The number of rotatable bonds is 4. The number of nitrogens with zero attached hydrogens (tertiary/aromatic N) is 3. The molecule has 3 aromatic carbocycles. The van der Waals surface area contributed by atoms with Crippen LogP contribution in [0.3, 0.4) is 0 Å². The Morgan fingerprint density at radius 1 is 1.06 bits per heavy atom. The van der Waals surface area contributed by atoms with Gasteiger partial charge in [-0.3, -0.25) is 4.79 Å². The molecule has 1 aliphatic rings. The molecular formula is C37H33F4N5O4. The van der Waals surface area contributed by atoms with Crippen LogP contribution < -0.4 is 9.47 Å². The lowest BCUT2D eigenvalue weighted by Crippen LogP contribution is -2.32. The van der Waals surface area contributed by atoms with E-state index in [9.17, 15) is 9.90 Å². The van der Waals surface area contributed by atoms with Crippen molar-refractivity contribution in [3.63, 3.8) is 0 Å². The van der Waals surface area contributed by atoms with E-state index in [1.54, 1.807) is 56.6 Å². The average Bonchev–Trinajstić information content (AvgIpc) is 3.87. The van der Waals surface area contributed by atoms with Gasteiger partial charge in [-0.2, -0.15) is 5.10 Å². The summed E-state index contributed by atoms with van der Waals surface area (Å²) in [4.78, 5) is 22.3. The molecular weight excluding hydrogens is 654 g/mol. The van der Waals surface area contributed by atoms with Crippen LogP contribution in [0.1, 0.15) is 49.1 Å². The number of hydrogen-bond donors (Lipinski definition) is 3. The number of nitrogens with one attached hydrogen (secondary N) is 2. The molecule has 2 atom stereocenters. The minimum atomic E-state index is -3.31. The normalized spacial score (nSPS) is 18.2. The Morgan fingerprint density at radius 2 is 1.90 bits per heavy atom. The molecule has 0 saturated heterocycles. The van der Waals surface area contributed by atoms with Gasteiger partial charge in [-0.05, 0) is 55.2 Å². The number of carboxylic acids is 1. The van der Waals surface area contributed by atoms with Crippen molar-refractivity contribution in [2.45, 2.75) is 51.0 Å². The smallest absolute Gasteiger partial charge is 0.306 e. The van der Waals surface area contributed by atoms with Gasteiger partial charge in [0.2, 0.25) is 5.88 Å². The zero-order valence-electron chi connectivity index (χ0n) is 27.1. The van der Waals surface area contributed by atoms with Gasteiger partial charge in [-0.25, -0.2) is 27.2 Å². The van der Waals surface area contributed by atoms with Crippen LogP contribution in [0.4, 0.5) is 17.6 Å². The van der Waals surface area contributed by atoms with Crippen molar-refractivity contribution in [1.29, 1.82) is 0 Å². The first-order chi connectivity index (χ1) is 23.9. The summed E-state index contributed by atoms with van der Waals surface area (Å²) in [6, 6.07) is 15.6. The minimum Gasteiger partial charge on any atom is -0.481 e. The molecule has 13 heteroatoms. The molecule has 50 heavy (non-hydrogen) atoms. The predicted molar refractivity (Wildman–Crippen MR) is 177 cm³/mol. The first-order valence-corrected chi connectivity index (χ1v) is 16.1. The summed E-state index contributed by atoms with van der Waals surface area (Å²) in [7, 11) is 0. The molecule has 0 spiro atoms. The average molecular weight is 688 g/mol. The second-order valence-corrected chi connectivity index (χ2v) is 12.9. The highest BCUT2D eigenvalue weighted by atomic mass is 19.3. The Morgan fingerprint density at radius 3 is 2.72 bits per heavy atom. The molecule has 0 aliphatic carbocycles. The van der Waals surface area contributed by atoms with Gasteiger partial charge in [0.25, 0.3) is 5.92 Å². The highest BCUT2D eigenvalue weighted by Crippen LogP contribution is 2.41. The summed E-state index contributed by atoms with van der Waals surface area (Å²) < 4.78 is 75.7. The van der Waals surface area contributed by atoms with Crippen molar-refractivity contribution in [2.24, 2.45) is 5.92 Å². The number of imidazole rings is 1. The number of alkyl halides is 2. The quantitative estimate of drug-likeness (QED) is 0.161. The van der Waals surface area contributed by atoms with Crippen molar-refractivity contribution >= 4 is 16.9 Å². The van der Waals surface area contributed by atoms with Crippen LogP contribution in [-0.4, -0.2) is 48.3 Å². The summed E-state index contributed by atoms with van der Waals surface area (Å²) in [5, 5.41) is 14.3. The molecule has 9 nitrogen and oxygen atoms in total. The highest BCUT2D eigenvalue weighted by molar-refractivity contribution is 5.85. The zero-order chi connectivity index (χ0) is 35.2. The number of ether oxygens (including phenoxy) is 2. The Balaban J connectivity index is 1.36. The van der Waals surface area contributed by atoms with Crippen LogP contribution in [0, 0.1) is 17.6 Å². The van der Waals surface area contributed by atoms with E-state index in [-0.39, 0.29) is 48.2 Å². The molecule has 0 amide bonds. The molecule has 1 aliphatic heterocycles. The van der Waals surface area contributed by atoms with Crippen LogP contribution in [0.15, 0.2) is 79.3 Å². The minimum absolute atomic E-state index is 0.0269. The van der Waals surface area contributed by atoms with E-state index in [1.807, 2.05) is 0 Å². The molecule has 3 N–H and O–H groups in total. The van der Waals surface area contributed by atoms with Gasteiger partial charge in [-0.1, -0.05) is 31.2 Å². The number of carbonyl (C=O) groups is 1. The molecule has 0 radical (unpaired) electrons. The van der Waals surface area contributed by atoms with E-state index in [4.69, 9.17) is 14.5 Å². The SMILES string of the molecule is C[C@@H](Cc1cccc(C2(C)CCC(F)(F)COc3ccnn3Cc3c(c(F)cc4[nH]ccc34)Oc3ccc(F)c(c3)-c3nc2c[nH]3)c1)C(=O)O. The molecule has 6 aromatic rings. The molecule has 0 saturated carbocycles. The van der Waals surface area contributed by atoms with Crippen molar-refractivity contribution in [2.75, 3.05) is 6.61 Å². The van der Waals surface area contributed by atoms with Crippen LogP contribution in [0.5, 0.6) is 17.4 Å². The van der Waals surface area contributed by atoms with Gasteiger partial charge in [0.15, 0.2) is 18.2 Å². The second-order valence-electron chi connectivity index (χ2n) is 12.9. The maximum Gasteiger partial charge on any atom is 0.306 e. The van der Waals surface area contributed by atoms with Crippen LogP contribution in [-0.2, 0) is 23.2 Å². The van der Waals surface area contributed by atoms with Crippen LogP contribution >= 0.6 is 0 Å². The van der Waals surface area contributed by atoms with Gasteiger partial charge in [0, 0.05) is 52.8 Å². The molecule has 1 unspecified atom stereocenters. The number of H-pyrrole nitrogens is 2. The topological polar surface area (TPSA) is 118 Å². The fraction of sp³-hybridized carbons (Fsp3) is 0.270. The van der Waals surface area contributed by atoms with Crippen molar-refractivity contribution in [3.8, 4) is 28.8 Å². The number of benzene rings is 3. The fourth-order valence-electron chi connectivity index (χ4n) is 6.40. The largest absolute Gasteiger partial charge is 0.481 e. The Hall–Kier alpha value is -5.59. The summed E-state index contributed by atoms with van der Waals surface area (Å²) in [6.45, 7) is 2.33. The number of halogens is 4. The van der Waals surface area contributed by atoms with E-state index in [2.05, 4.69) is 15.1 Å². The van der Waals surface area contributed by atoms with Gasteiger partial charge < -0.3 is 24.5 Å². The monoisotopic (exact) mass is 687 g/mol. The number of aromatic nitrogens is 5. The number of fused-ring (bicyclic) bond motifs is 9. The molecule has 3 aromatic heterocycles. The predicted octanol–water partition coefficient (Wildman–Crippen LogP) is 8.25. The number of aliphatic carboxylic acids is 1. The lowest BCUT2D eigenvalue weighted by atomic mass is 9.74. The fourth-order valence-corrected chi connectivity index (χ4v) is 6.40. The summed E-state index contributed by atoms with van der Waals surface area (Å²) in [5.74, 6) is -6.11. The summed E-state index contributed by atoms with van der Waals surface area (Å²) in [6.07, 6.45) is 4.14. The van der Waals surface area contributed by atoms with E-state index in [0.717, 1.165) is 5.56 Å². The summed E-state index contributed by atoms with van der Waals surface area (Å²) >= 11 is 0. The molecule has 258 valence electrons. The Kier molecular flexibility index (Phi) is 8.36. The number of carboxylic acid groups (broad SMARTS) is 1. The standard InChI is InChI=1S/C37H33F4N5O4/c1-21(35(47)48)14-22-4-3-5-23(15-22)36(2)10-11-37(40,41)20-49-32-9-13-44-46(32)19-27-25-8-12-42-30(25)17-29(39)33(27)50-24-6-7-28(38)26(16-24)34-43-18-31(36)45-34/h3-9,12-13,15-18,21,42H,10-11,14,19-20H2,1-2H3,(H,43,45)(H,47,48)/t21-,36?/m0/s1. The van der Waals surface area contributed by atoms with Crippen LogP contribution in [0.2, 0.25) is 0 Å². The Bertz CT molecular complexity index is 2210. The molecule has 4 heterocycles. The third-order valence-corrected chi connectivity index (χ3v) is 9.36. The number of hydrogen-bond acceptors (Lipinski definition) is 5. The maximum atomic E-state index is 15.7. The second kappa shape index (κ2) is 12.7. The lowest BCUT2D eigenvalue weighted by Gasteiger charge is -2.31.